The standard InChI is InChI=1S/C20H41O3P/c1-2-3-4-5-6-7-8-9-10-11-12-13-14-15-18-21-24-22-19-16-17-20-23-24/h2-20H2,1H3. The maximum absolute atomic E-state index is 5.69. The van der Waals surface area contributed by atoms with Crippen molar-refractivity contribution >= 4 is 8.60 Å². The van der Waals surface area contributed by atoms with Crippen LogP contribution in [0.15, 0.2) is 0 Å². The van der Waals surface area contributed by atoms with Crippen LogP contribution in [0.2, 0.25) is 0 Å². The molecule has 1 aliphatic rings. The quantitative estimate of drug-likeness (QED) is 0.210. The summed E-state index contributed by atoms with van der Waals surface area (Å²) in [4.78, 5) is 0. The Balaban J connectivity index is 1.70. The van der Waals surface area contributed by atoms with Gasteiger partial charge >= 0.3 is 8.60 Å². The summed E-state index contributed by atoms with van der Waals surface area (Å²) >= 11 is 0. The maximum Gasteiger partial charge on any atom is 0.332 e. The van der Waals surface area contributed by atoms with E-state index in [0.29, 0.717) is 0 Å². The summed E-state index contributed by atoms with van der Waals surface area (Å²) in [6.07, 6.45) is 21.7. The first-order valence-electron chi connectivity index (χ1n) is 10.6. The molecule has 0 unspecified atom stereocenters. The smallest absolute Gasteiger partial charge is 0.312 e. The van der Waals surface area contributed by atoms with Gasteiger partial charge in [-0.3, -0.25) is 0 Å². The van der Waals surface area contributed by atoms with Gasteiger partial charge in [0.25, 0.3) is 0 Å². The van der Waals surface area contributed by atoms with E-state index in [0.717, 1.165) is 39.1 Å². The Bertz CT molecular complexity index is 243. The highest BCUT2D eigenvalue weighted by Crippen LogP contribution is 2.41. The van der Waals surface area contributed by atoms with Crippen molar-refractivity contribution in [3.8, 4) is 0 Å². The predicted molar refractivity (Wildman–Crippen MR) is 104 cm³/mol. The zero-order chi connectivity index (χ0) is 17.1. The molecule has 24 heavy (non-hydrogen) atoms. The Labute approximate surface area is 152 Å². The van der Waals surface area contributed by atoms with E-state index in [-0.39, 0.29) is 0 Å². The first kappa shape index (κ1) is 22.4. The second kappa shape index (κ2) is 18.1. The Hall–Kier alpha value is 0.310. The van der Waals surface area contributed by atoms with Gasteiger partial charge in [-0.05, 0) is 19.3 Å². The molecule has 4 heteroatoms. The SMILES string of the molecule is CCCCCCCCCCCCCCCCOP1OCCCCO1. The molecule has 0 spiro atoms. The molecule has 0 aliphatic carbocycles. The van der Waals surface area contributed by atoms with Crippen LogP contribution >= 0.6 is 8.60 Å². The molecular weight excluding hydrogens is 319 g/mol. The molecule has 0 radical (unpaired) electrons. The third-order valence-corrected chi connectivity index (χ3v) is 5.81. The van der Waals surface area contributed by atoms with E-state index in [4.69, 9.17) is 13.6 Å². The van der Waals surface area contributed by atoms with Crippen LogP contribution in [0.5, 0.6) is 0 Å². The second-order valence-electron chi connectivity index (χ2n) is 7.03. The fourth-order valence-corrected chi connectivity index (χ4v) is 4.09. The molecule has 0 aromatic rings. The van der Waals surface area contributed by atoms with Crippen LogP contribution in [0.1, 0.15) is 110 Å². The van der Waals surface area contributed by atoms with Crippen molar-refractivity contribution in [2.45, 2.75) is 110 Å². The molecule has 0 atom stereocenters. The van der Waals surface area contributed by atoms with Crippen molar-refractivity contribution < 1.29 is 13.6 Å². The molecule has 1 saturated heterocycles. The highest BCUT2D eigenvalue weighted by molar-refractivity contribution is 7.41. The van der Waals surface area contributed by atoms with Gasteiger partial charge in [0.05, 0.1) is 19.8 Å². The van der Waals surface area contributed by atoms with E-state index in [1.807, 2.05) is 0 Å². The van der Waals surface area contributed by atoms with Crippen molar-refractivity contribution in [2.75, 3.05) is 19.8 Å². The minimum Gasteiger partial charge on any atom is -0.312 e. The Morgan fingerprint density at radius 3 is 1.50 bits per heavy atom. The molecule has 1 heterocycles. The molecule has 1 rings (SSSR count). The largest absolute Gasteiger partial charge is 0.332 e. The van der Waals surface area contributed by atoms with Crippen molar-refractivity contribution in [1.82, 2.24) is 0 Å². The molecule has 0 saturated carbocycles. The Morgan fingerprint density at radius 2 is 1.04 bits per heavy atom. The van der Waals surface area contributed by atoms with Gasteiger partial charge in [0.2, 0.25) is 0 Å². The van der Waals surface area contributed by atoms with Crippen molar-refractivity contribution in [3.63, 3.8) is 0 Å². The number of unbranched alkanes of at least 4 members (excludes halogenated alkanes) is 13. The summed E-state index contributed by atoms with van der Waals surface area (Å²) in [5.74, 6) is 0. The van der Waals surface area contributed by atoms with E-state index in [1.54, 1.807) is 0 Å². The third-order valence-electron chi connectivity index (χ3n) is 4.63. The van der Waals surface area contributed by atoms with Crippen LogP contribution in [0.3, 0.4) is 0 Å². The van der Waals surface area contributed by atoms with Crippen LogP contribution < -0.4 is 0 Å². The average Bonchev–Trinajstić information content (AvgIpc) is 2.87. The summed E-state index contributed by atoms with van der Waals surface area (Å²) < 4.78 is 16.8. The average molecular weight is 361 g/mol. The molecular formula is C20H41O3P. The summed E-state index contributed by atoms with van der Waals surface area (Å²) in [5, 5.41) is 0. The topological polar surface area (TPSA) is 27.7 Å². The summed E-state index contributed by atoms with van der Waals surface area (Å²) in [6.45, 7) is 4.67. The highest BCUT2D eigenvalue weighted by Gasteiger charge is 2.14. The fourth-order valence-electron chi connectivity index (χ4n) is 3.03. The lowest BCUT2D eigenvalue weighted by molar-refractivity contribution is 0.180. The summed E-state index contributed by atoms with van der Waals surface area (Å²) in [7, 11) is -1.04. The Kier molecular flexibility index (Phi) is 16.9. The minimum atomic E-state index is -1.04. The molecule has 144 valence electrons. The van der Waals surface area contributed by atoms with E-state index < -0.39 is 8.60 Å². The van der Waals surface area contributed by atoms with Crippen LogP contribution in [0.25, 0.3) is 0 Å². The predicted octanol–water partition coefficient (Wildman–Crippen LogP) is 7.54. The summed E-state index contributed by atoms with van der Waals surface area (Å²) in [5.41, 5.74) is 0. The van der Waals surface area contributed by atoms with Crippen molar-refractivity contribution in [1.29, 1.82) is 0 Å². The lowest BCUT2D eigenvalue weighted by Gasteiger charge is -2.13. The normalized spacial score (nSPS) is 16.4. The van der Waals surface area contributed by atoms with Crippen molar-refractivity contribution in [3.05, 3.63) is 0 Å². The van der Waals surface area contributed by atoms with Gasteiger partial charge < -0.3 is 13.6 Å². The maximum atomic E-state index is 5.69. The minimum absolute atomic E-state index is 0.795. The first-order valence-corrected chi connectivity index (χ1v) is 11.7. The van der Waals surface area contributed by atoms with Crippen LogP contribution in [-0.2, 0) is 13.6 Å². The molecule has 0 aromatic heterocycles. The number of hydrogen-bond acceptors (Lipinski definition) is 3. The highest BCUT2D eigenvalue weighted by atomic mass is 31.2. The summed E-state index contributed by atoms with van der Waals surface area (Å²) in [6, 6.07) is 0. The first-order chi connectivity index (χ1) is 11.9. The van der Waals surface area contributed by atoms with E-state index >= 15 is 0 Å². The van der Waals surface area contributed by atoms with Gasteiger partial charge in [0.15, 0.2) is 0 Å². The molecule has 0 bridgehead atoms. The zero-order valence-corrected chi connectivity index (χ0v) is 17.0. The van der Waals surface area contributed by atoms with Gasteiger partial charge in [-0.25, -0.2) is 0 Å². The second-order valence-corrected chi connectivity index (χ2v) is 8.25. The monoisotopic (exact) mass is 360 g/mol. The molecule has 1 aliphatic heterocycles. The van der Waals surface area contributed by atoms with Crippen LogP contribution in [-0.4, -0.2) is 19.8 Å². The van der Waals surface area contributed by atoms with Gasteiger partial charge in [0.1, 0.15) is 0 Å². The molecule has 0 aromatic carbocycles. The number of hydrogen-bond donors (Lipinski definition) is 0. The van der Waals surface area contributed by atoms with Gasteiger partial charge in [0, 0.05) is 0 Å². The molecule has 0 N–H and O–H groups in total. The van der Waals surface area contributed by atoms with Gasteiger partial charge in [-0.1, -0.05) is 90.4 Å². The lowest BCUT2D eigenvalue weighted by Crippen LogP contribution is -1.95. The van der Waals surface area contributed by atoms with Crippen molar-refractivity contribution in [2.24, 2.45) is 0 Å². The lowest BCUT2D eigenvalue weighted by atomic mass is 10.0. The Morgan fingerprint density at radius 1 is 0.625 bits per heavy atom. The number of rotatable bonds is 16. The molecule has 1 fully saturated rings. The molecule has 3 nitrogen and oxygen atoms in total. The van der Waals surface area contributed by atoms with Gasteiger partial charge in [-0.15, -0.1) is 0 Å². The zero-order valence-electron chi connectivity index (χ0n) is 16.1. The molecule has 0 amide bonds. The van der Waals surface area contributed by atoms with Gasteiger partial charge in [-0.2, -0.15) is 0 Å². The van der Waals surface area contributed by atoms with Crippen LogP contribution in [0.4, 0.5) is 0 Å². The van der Waals surface area contributed by atoms with E-state index in [2.05, 4.69) is 6.92 Å². The van der Waals surface area contributed by atoms with E-state index in [1.165, 1.54) is 83.5 Å². The third kappa shape index (κ3) is 14.6. The fraction of sp³-hybridized carbons (Fsp3) is 1.00. The van der Waals surface area contributed by atoms with E-state index in [9.17, 15) is 0 Å². The van der Waals surface area contributed by atoms with Crippen LogP contribution in [0, 0.1) is 0 Å².